The number of piperidine rings is 1. The van der Waals surface area contributed by atoms with Crippen LogP contribution in [0.15, 0.2) is 18.2 Å². The minimum Gasteiger partial charge on any atom is -0.506 e. The average Bonchev–Trinajstić information content (AvgIpc) is 2.45. The Morgan fingerprint density at radius 1 is 1.35 bits per heavy atom. The number of hydrogen-bond acceptors (Lipinski definition) is 3. The van der Waals surface area contributed by atoms with Crippen LogP contribution in [0.4, 0.5) is 0 Å². The number of aromatic hydroxyl groups is 1. The monoisotopic (exact) mass is 296 g/mol. The summed E-state index contributed by atoms with van der Waals surface area (Å²) in [6, 6.07) is 5.48. The third-order valence-electron chi connectivity index (χ3n) is 4.09. The van der Waals surface area contributed by atoms with Crippen molar-refractivity contribution in [2.45, 2.75) is 32.7 Å². The number of benzene rings is 1. The van der Waals surface area contributed by atoms with E-state index in [1.54, 1.807) is 6.07 Å². The second kappa shape index (κ2) is 7.87. The van der Waals surface area contributed by atoms with E-state index in [2.05, 4.69) is 17.1 Å². The number of nitrogens with one attached hydrogen (secondary N) is 1. The molecule has 1 saturated heterocycles. The van der Waals surface area contributed by atoms with Gasteiger partial charge in [0.15, 0.2) is 0 Å². The van der Waals surface area contributed by atoms with E-state index in [4.69, 9.17) is 11.6 Å². The largest absolute Gasteiger partial charge is 0.506 e. The summed E-state index contributed by atoms with van der Waals surface area (Å²) in [5.74, 6) is 1.10. The van der Waals surface area contributed by atoms with Crippen LogP contribution in [-0.2, 0) is 6.54 Å². The summed E-state index contributed by atoms with van der Waals surface area (Å²) in [6.07, 6.45) is 3.82. The van der Waals surface area contributed by atoms with Gasteiger partial charge in [-0.1, -0.05) is 30.7 Å². The van der Waals surface area contributed by atoms with Gasteiger partial charge in [0, 0.05) is 12.1 Å². The molecule has 0 aromatic heterocycles. The number of phenols is 1. The Bertz CT molecular complexity index is 417. The Hall–Kier alpha value is -0.770. The van der Waals surface area contributed by atoms with E-state index in [1.807, 2.05) is 12.1 Å². The highest BCUT2D eigenvalue weighted by Crippen LogP contribution is 2.26. The lowest BCUT2D eigenvalue weighted by Crippen LogP contribution is -2.34. The molecule has 0 saturated carbocycles. The van der Waals surface area contributed by atoms with E-state index in [9.17, 15) is 5.11 Å². The molecule has 20 heavy (non-hydrogen) atoms. The zero-order valence-corrected chi connectivity index (χ0v) is 13.0. The number of likely N-dealkylation sites (tertiary alicyclic amines) is 1. The van der Waals surface area contributed by atoms with E-state index in [0.29, 0.717) is 11.6 Å². The van der Waals surface area contributed by atoms with Gasteiger partial charge in [0.1, 0.15) is 5.75 Å². The van der Waals surface area contributed by atoms with Gasteiger partial charge in [0.2, 0.25) is 0 Å². The molecule has 2 N–H and O–H groups in total. The van der Waals surface area contributed by atoms with Crippen molar-refractivity contribution in [3.05, 3.63) is 28.8 Å². The van der Waals surface area contributed by atoms with E-state index in [0.717, 1.165) is 24.4 Å². The van der Waals surface area contributed by atoms with Gasteiger partial charge in [-0.15, -0.1) is 0 Å². The lowest BCUT2D eigenvalue weighted by Gasteiger charge is -2.30. The maximum atomic E-state index is 9.80. The summed E-state index contributed by atoms with van der Waals surface area (Å²) < 4.78 is 0. The highest BCUT2D eigenvalue weighted by atomic mass is 35.5. The van der Waals surface area contributed by atoms with Crippen molar-refractivity contribution in [2.75, 3.05) is 26.2 Å². The van der Waals surface area contributed by atoms with Crippen molar-refractivity contribution < 1.29 is 5.11 Å². The van der Waals surface area contributed by atoms with Crippen LogP contribution in [0.2, 0.25) is 5.02 Å². The molecule has 1 fully saturated rings. The minimum atomic E-state index is 0.201. The molecule has 4 heteroatoms. The van der Waals surface area contributed by atoms with Gasteiger partial charge in [-0.25, -0.2) is 0 Å². The fourth-order valence-electron chi connectivity index (χ4n) is 2.64. The Morgan fingerprint density at radius 2 is 2.10 bits per heavy atom. The van der Waals surface area contributed by atoms with Crippen molar-refractivity contribution in [3.63, 3.8) is 0 Å². The summed E-state index contributed by atoms with van der Waals surface area (Å²) in [7, 11) is 0. The van der Waals surface area contributed by atoms with Gasteiger partial charge in [0.05, 0.1) is 5.02 Å². The molecule has 0 amide bonds. The van der Waals surface area contributed by atoms with E-state index in [-0.39, 0.29) is 5.75 Å². The van der Waals surface area contributed by atoms with Crippen molar-refractivity contribution in [1.29, 1.82) is 0 Å². The molecule has 3 nitrogen and oxygen atoms in total. The van der Waals surface area contributed by atoms with Gasteiger partial charge in [-0.2, -0.15) is 0 Å². The van der Waals surface area contributed by atoms with Crippen LogP contribution in [0.1, 0.15) is 31.7 Å². The Balaban J connectivity index is 1.61. The molecule has 2 rings (SSSR count). The second-order valence-corrected chi connectivity index (χ2v) is 6.21. The van der Waals surface area contributed by atoms with E-state index < -0.39 is 0 Å². The van der Waals surface area contributed by atoms with Gasteiger partial charge in [-0.3, -0.25) is 0 Å². The minimum absolute atomic E-state index is 0.201. The quantitative estimate of drug-likeness (QED) is 0.791. The zero-order chi connectivity index (χ0) is 14.4. The topological polar surface area (TPSA) is 35.5 Å². The van der Waals surface area contributed by atoms with Crippen LogP contribution in [0.3, 0.4) is 0 Å². The summed E-state index contributed by atoms with van der Waals surface area (Å²) in [5.41, 5.74) is 0.865. The standard InChI is InChI=1S/C16H25ClN2O/c1-13-6-10-19(11-7-13)9-3-8-18-12-14-4-2-5-15(17)16(14)20/h2,4-5,13,18,20H,3,6-12H2,1H3. The lowest BCUT2D eigenvalue weighted by atomic mass is 9.99. The number of nitrogens with zero attached hydrogens (tertiary/aromatic N) is 1. The van der Waals surface area contributed by atoms with Crippen LogP contribution in [0.25, 0.3) is 0 Å². The molecule has 1 aromatic carbocycles. The van der Waals surface area contributed by atoms with Gasteiger partial charge >= 0.3 is 0 Å². The normalized spacial score (nSPS) is 17.5. The first-order valence-corrected chi connectivity index (χ1v) is 7.94. The van der Waals surface area contributed by atoms with Crippen molar-refractivity contribution in [1.82, 2.24) is 10.2 Å². The van der Waals surface area contributed by atoms with Gasteiger partial charge < -0.3 is 15.3 Å². The summed E-state index contributed by atoms with van der Waals surface area (Å²) in [5, 5.41) is 13.6. The third-order valence-corrected chi connectivity index (χ3v) is 4.39. The first-order valence-electron chi connectivity index (χ1n) is 7.56. The molecule has 0 spiro atoms. The first-order chi connectivity index (χ1) is 9.66. The Kier molecular flexibility index (Phi) is 6.14. The number of rotatable bonds is 6. The number of para-hydroxylation sites is 1. The predicted molar refractivity (Wildman–Crippen MR) is 84.3 cm³/mol. The molecule has 0 bridgehead atoms. The van der Waals surface area contributed by atoms with Crippen LogP contribution in [-0.4, -0.2) is 36.2 Å². The molecule has 1 aromatic rings. The highest BCUT2D eigenvalue weighted by molar-refractivity contribution is 6.32. The van der Waals surface area contributed by atoms with Gasteiger partial charge in [0.25, 0.3) is 0 Å². The van der Waals surface area contributed by atoms with Gasteiger partial charge in [-0.05, 0) is 57.4 Å². The molecule has 0 radical (unpaired) electrons. The molecule has 0 unspecified atom stereocenters. The summed E-state index contributed by atoms with van der Waals surface area (Å²) >= 11 is 5.88. The third kappa shape index (κ3) is 4.65. The molecule has 0 aliphatic carbocycles. The molecular weight excluding hydrogens is 272 g/mol. The molecular formula is C16H25ClN2O. The molecule has 1 aliphatic heterocycles. The maximum Gasteiger partial charge on any atom is 0.138 e. The van der Waals surface area contributed by atoms with Crippen molar-refractivity contribution in [3.8, 4) is 5.75 Å². The van der Waals surface area contributed by atoms with E-state index in [1.165, 1.54) is 32.5 Å². The maximum absolute atomic E-state index is 9.80. The van der Waals surface area contributed by atoms with Crippen LogP contribution >= 0.6 is 11.6 Å². The summed E-state index contributed by atoms with van der Waals surface area (Å²) in [6.45, 7) is 7.64. The SMILES string of the molecule is CC1CCN(CCCNCc2cccc(Cl)c2O)CC1. The molecule has 0 atom stereocenters. The number of halogens is 1. The highest BCUT2D eigenvalue weighted by Gasteiger charge is 2.14. The summed E-state index contributed by atoms with van der Waals surface area (Å²) in [4.78, 5) is 2.55. The predicted octanol–water partition coefficient (Wildman–Crippen LogP) is 3.26. The second-order valence-electron chi connectivity index (χ2n) is 5.80. The van der Waals surface area contributed by atoms with Crippen LogP contribution in [0.5, 0.6) is 5.75 Å². The van der Waals surface area contributed by atoms with Crippen molar-refractivity contribution >= 4 is 11.6 Å². The van der Waals surface area contributed by atoms with Crippen LogP contribution < -0.4 is 5.32 Å². The van der Waals surface area contributed by atoms with E-state index >= 15 is 0 Å². The fourth-order valence-corrected chi connectivity index (χ4v) is 2.83. The fraction of sp³-hybridized carbons (Fsp3) is 0.625. The van der Waals surface area contributed by atoms with Crippen LogP contribution in [0, 0.1) is 5.92 Å². The number of phenolic OH excluding ortho intramolecular Hbond substituents is 1. The first kappa shape index (κ1) is 15.6. The smallest absolute Gasteiger partial charge is 0.138 e. The zero-order valence-electron chi connectivity index (χ0n) is 12.2. The molecule has 1 aliphatic rings. The Morgan fingerprint density at radius 3 is 2.85 bits per heavy atom. The average molecular weight is 297 g/mol. The molecule has 112 valence electrons. The van der Waals surface area contributed by atoms with Crippen molar-refractivity contribution in [2.24, 2.45) is 5.92 Å². The lowest BCUT2D eigenvalue weighted by molar-refractivity contribution is 0.190. The Labute approximate surface area is 126 Å². The number of hydrogen-bond donors (Lipinski definition) is 2. The molecule has 1 heterocycles.